The molecule has 0 saturated carbocycles. The molecule has 0 spiro atoms. The van der Waals surface area contributed by atoms with Crippen LogP contribution in [0.4, 0.5) is 23.1 Å². The van der Waals surface area contributed by atoms with Gasteiger partial charge in [-0.25, -0.2) is 9.78 Å². The van der Waals surface area contributed by atoms with Crippen molar-refractivity contribution >= 4 is 40.7 Å². The molecule has 0 fully saturated rings. The Morgan fingerprint density at radius 2 is 1.85 bits per heavy atom. The molecule has 0 radical (unpaired) electrons. The summed E-state index contributed by atoms with van der Waals surface area (Å²) in [6, 6.07) is 11.1. The van der Waals surface area contributed by atoms with E-state index in [0.29, 0.717) is 41.9 Å². The van der Waals surface area contributed by atoms with Gasteiger partial charge in [0, 0.05) is 26.7 Å². The number of nitrogens with zero attached hydrogens (tertiary/aromatic N) is 3. The Hall–Kier alpha value is -3.44. The number of carbonyl (C=O) groups is 1. The van der Waals surface area contributed by atoms with E-state index in [1.807, 2.05) is 13.0 Å². The van der Waals surface area contributed by atoms with Crippen LogP contribution in [0.1, 0.15) is 28.4 Å². The molecule has 0 bridgehead atoms. The van der Waals surface area contributed by atoms with Crippen molar-refractivity contribution in [1.29, 1.82) is 0 Å². The molecule has 3 aromatic rings. The lowest BCUT2D eigenvalue weighted by atomic mass is 10.0. The highest BCUT2D eigenvalue weighted by molar-refractivity contribution is 6.33. The van der Waals surface area contributed by atoms with Crippen molar-refractivity contribution in [3.63, 3.8) is 0 Å². The van der Waals surface area contributed by atoms with Gasteiger partial charge in [0.2, 0.25) is 5.95 Å². The minimum Gasteiger partial charge on any atom is -0.495 e. The molecule has 2 aromatic carbocycles. The highest BCUT2D eigenvalue weighted by Crippen LogP contribution is 2.33. The van der Waals surface area contributed by atoms with E-state index in [4.69, 9.17) is 25.8 Å². The molecule has 0 amide bonds. The van der Waals surface area contributed by atoms with Crippen LogP contribution >= 0.6 is 11.6 Å². The Morgan fingerprint density at radius 3 is 2.56 bits per heavy atom. The number of aliphatic hydroxyl groups is 1. The fourth-order valence-corrected chi connectivity index (χ4v) is 4.59. The topological polar surface area (TPSA) is 118 Å². The van der Waals surface area contributed by atoms with E-state index < -0.39 is 5.97 Å². The molecule has 11 heteroatoms. The number of halogens is 1. The number of fused-ring (bicyclic) bond motifs is 1. The van der Waals surface area contributed by atoms with Gasteiger partial charge in [-0.1, -0.05) is 23.7 Å². The molecule has 0 aliphatic carbocycles. The largest absolute Gasteiger partial charge is 0.495 e. The summed E-state index contributed by atoms with van der Waals surface area (Å²) in [4.78, 5) is 23.8. The summed E-state index contributed by atoms with van der Waals surface area (Å²) < 4.78 is 15.9. The molecule has 4 rings (SSSR count). The summed E-state index contributed by atoms with van der Waals surface area (Å²) in [5.41, 5.74) is 4.00. The van der Waals surface area contributed by atoms with Crippen LogP contribution in [-0.2, 0) is 22.3 Å². The Labute approximate surface area is 233 Å². The summed E-state index contributed by atoms with van der Waals surface area (Å²) >= 11 is 6.41. The first-order chi connectivity index (χ1) is 18.9. The van der Waals surface area contributed by atoms with E-state index in [0.717, 1.165) is 31.6 Å². The van der Waals surface area contributed by atoms with Crippen molar-refractivity contribution in [3.05, 3.63) is 64.3 Å². The predicted octanol–water partition coefficient (Wildman–Crippen LogP) is 4.21. The van der Waals surface area contributed by atoms with Crippen molar-refractivity contribution in [1.82, 2.24) is 14.9 Å². The van der Waals surface area contributed by atoms with Gasteiger partial charge in [0.25, 0.3) is 0 Å². The molecule has 1 unspecified atom stereocenters. The number of hydrogen-bond acceptors (Lipinski definition) is 10. The van der Waals surface area contributed by atoms with Gasteiger partial charge >= 0.3 is 5.97 Å². The molecule has 1 atom stereocenters. The maximum atomic E-state index is 12.6. The SMILES string of the molecule is COCCOC(=O)c1ccccc1Nc1nc(Nc2cc3c(cc2OC)CCN(CC(C)O)CC3)ncc1Cl. The van der Waals surface area contributed by atoms with Gasteiger partial charge < -0.3 is 34.9 Å². The summed E-state index contributed by atoms with van der Waals surface area (Å²) in [5, 5.41) is 16.5. The Balaban J connectivity index is 1.54. The molecule has 1 aliphatic rings. The summed E-state index contributed by atoms with van der Waals surface area (Å²) in [7, 11) is 3.17. The van der Waals surface area contributed by atoms with Gasteiger partial charge in [-0.05, 0) is 55.2 Å². The Kier molecular flexibility index (Phi) is 9.94. The lowest BCUT2D eigenvalue weighted by Gasteiger charge is -2.20. The van der Waals surface area contributed by atoms with E-state index in [-0.39, 0.29) is 17.7 Å². The first kappa shape index (κ1) is 28.6. The number of para-hydroxylation sites is 1. The van der Waals surface area contributed by atoms with Gasteiger partial charge in [0.15, 0.2) is 5.82 Å². The number of esters is 1. The molecular formula is C28H34ClN5O5. The summed E-state index contributed by atoms with van der Waals surface area (Å²) in [6.45, 7) is 4.66. The quantitative estimate of drug-likeness (QED) is 0.234. The average molecular weight is 556 g/mol. The molecule has 1 aliphatic heterocycles. The van der Waals surface area contributed by atoms with Gasteiger partial charge in [-0.15, -0.1) is 0 Å². The predicted molar refractivity (Wildman–Crippen MR) is 151 cm³/mol. The number of aliphatic hydroxyl groups excluding tert-OH is 1. The molecule has 208 valence electrons. The zero-order valence-electron chi connectivity index (χ0n) is 22.4. The number of rotatable bonds is 11. The normalized spacial score (nSPS) is 14.2. The van der Waals surface area contributed by atoms with Gasteiger partial charge in [-0.3, -0.25) is 0 Å². The number of nitrogens with one attached hydrogen (secondary N) is 2. The van der Waals surface area contributed by atoms with E-state index in [9.17, 15) is 9.90 Å². The van der Waals surface area contributed by atoms with Gasteiger partial charge in [0.05, 0.1) is 43.0 Å². The van der Waals surface area contributed by atoms with E-state index in [1.54, 1.807) is 38.5 Å². The summed E-state index contributed by atoms with van der Waals surface area (Å²) in [6.07, 6.45) is 2.85. The van der Waals surface area contributed by atoms with Gasteiger partial charge in [0.1, 0.15) is 17.4 Å². The van der Waals surface area contributed by atoms with E-state index >= 15 is 0 Å². The van der Waals surface area contributed by atoms with Crippen LogP contribution in [0.5, 0.6) is 5.75 Å². The second-order valence-electron chi connectivity index (χ2n) is 9.29. The number of anilines is 4. The number of aromatic nitrogens is 2. The highest BCUT2D eigenvalue weighted by atomic mass is 35.5. The fraction of sp³-hybridized carbons (Fsp3) is 0.393. The van der Waals surface area contributed by atoms with Crippen LogP contribution in [0, 0.1) is 0 Å². The standard InChI is InChI=1S/C28H34ClN5O5/c1-18(35)17-34-10-8-19-14-24(25(38-3)15-20(19)9-11-34)32-28-30-16-22(29)26(33-28)31-23-7-5-4-6-21(23)27(36)39-13-12-37-2/h4-7,14-16,18,35H,8-13,17H2,1-3H3,(H2,30,31,32,33). The molecule has 39 heavy (non-hydrogen) atoms. The minimum absolute atomic E-state index is 0.146. The maximum absolute atomic E-state index is 12.6. The third-order valence-electron chi connectivity index (χ3n) is 6.35. The van der Waals surface area contributed by atoms with Crippen LogP contribution in [0.25, 0.3) is 0 Å². The van der Waals surface area contributed by atoms with Crippen LogP contribution in [0.15, 0.2) is 42.6 Å². The molecule has 1 aromatic heterocycles. The van der Waals surface area contributed by atoms with Crippen molar-refractivity contribution < 1.29 is 24.1 Å². The van der Waals surface area contributed by atoms with Crippen molar-refractivity contribution in [2.24, 2.45) is 0 Å². The third-order valence-corrected chi connectivity index (χ3v) is 6.63. The van der Waals surface area contributed by atoms with Crippen molar-refractivity contribution in [3.8, 4) is 5.75 Å². The number of benzene rings is 2. The number of carbonyl (C=O) groups excluding carboxylic acids is 1. The number of β-amino-alcohol motifs (C(OH)–C–C–N with tert-alkyl or cyclic N) is 1. The molecule has 3 N–H and O–H groups in total. The first-order valence-corrected chi connectivity index (χ1v) is 13.2. The molecule has 2 heterocycles. The van der Waals surface area contributed by atoms with E-state index in [2.05, 4.69) is 31.6 Å². The van der Waals surface area contributed by atoms with Crippen LogP contribution in [0.3, 0.4) is 0 Å². The zero-order valence-corrected chi connectivity index (χ0v) is 23.1. The number of ether oxygens (including phenoxy) is 3. The highest BCUT2D eigenvalue weighted by Gasteiger charge is 2.19. The third kappa shape index (κ3) is 7.57. The van der Waals surface area contributed by atoms with Crippen LogP contribution in [-0.4, -0.2) is 79.1 Å². The second-order valence-corrected chi connectivity index (χ2v) is 9.69. The molecular weight excluding hydrogens is 522 g/mol. The van der Waals surface area contributed by atoms with Crippen molar-refractivity contribution in [2.45, 2.75) is 25.9 Å². The van der Waals surface area contributed by atoms with Crippen LogP contribution in [0.2, 0.25) is 5.02 Å². The van der Waals surface area contributed by atoms with Crippen LogP contribution < -0.4 is 15.4 Å². The molecule has 10 nitrogen and oxygen atoms in total. The monoisotopic (exact) mass is 555 g/mol. The minimum atomic E-state index is -0.486. The maximum Gasteiger partial charge on any atom is 0.340 e. The fourth-order valence-electron chi connectivity index (χ4n) is 4.45. The lowest BCUT2D eigenvalue weighted by Crippen LogP contribution is -2.33. The van der Waals surface area contributed by atoms with E-state index in [1.165, 1.54) is 17.3 Å². The first-order valence-electron chi connectivity index (χ1n) is 12.8. The Bertz CT molecular complexity index is 1290. The number of methoxy groups -OCH3 is 2. The average Bonchev–Trinajstić information content (AvgIpc) is 3.11. The Morgan fingerprint density at radius 1 is 1.10 bits per heavy atom. The summed E-state index contributed by atoms with van der Waals surface area (Å²) in [5.74, 6) is 0.828. The van der Waals surface area contributed by atoms with Crippen molar-refractivity contribution in [2.75, 3.05) is 57.7 Å². The molecule has 0 saturated heterocycles. The smallest absolute Gasteiger partial charge is 0.340 e. The second kappa shape index (κ2) is 13.6. The lowest BCUT2D eigenvalue weighted by molar-refractivity contribution is 0.0389. The zero-order chi connectivity index (χ0) is 27.8. The van der Waals surface area contributed by atoms with Gasteiger partial charge in [-0.2, -0.15) is 4.98 Å². The number of hydrogen-bond donors (Lipinski definition) is 3.